The number of nitrogens with one attached hydrogen (secondary N) is 2. The molecule has 3 atom stereocenters. The van der Waals surface area contributed by atoms with E-state index in [1.807, 2.05) is 23.1 Å². The zero-order chi connectivity index (χ0) is 18.8. The topological polar surface area (TPSA) is 61.4 Å². The number of anilines is 1. The van der Waals surface area contributed by atoms with Gasteiger partial charge in [0.15, 0.2) is 0 Å². The number of carbonyl (C=O) groups excluding carboxylic acids is 2. The highest BCUT2D eigenvalue weighted by Crippen LogP contribution is 2.38. The Balaban J connectivity index is 0.00000225. The van der Waals surface area contributed by atoms with Gasteiger partial charge in [-0.2, -0.15) is 0 Å². The third-order valence-electron chi connectivity index (χ3n) is 6.55. The maximum atomic E-state index is 13.5. The van der Waals surface area contributed by atoms with Crippen molar-refractivity contribution in [2.75, 3.05) is 18.0 Å². The molecule has 2 heterocycles. The van der Waals surface area contributed by atoms with Crippen molar-refractivity contribution in [3.63, 3.8) is 0 Å². The van der Waals surface area contributed by atoms with Crippen LogP contribution in [0.25, 0.3) is 0 Å². The van der Waals surface area contributed by atoms with Crippen LogP contribution in [-0.2, 0) is 16.0 Å². The summed E-state index contributed by atoms with van der Waals surface area (Å²) in [6.45, 7) is 4.03. The summed E-state index contributed by atoms with van der Waals surface area (Å²) in [5, 5.41) is 6.58. The Morgan fingerprint density at radius 2 is 1.71 bits per heavy atom. The molecule has 3 unspecified atom stereocenters. The van der Waals surface area contributed by atoms with Crippen molar-refractivity contribution in [3.05, 3.63) is 29.8 Å². The SMILES string of the molecule is CC1Cc2ccccc2N1C(=O)C1CCCCC1C(=O)NC1CCNCC1.Cl. The number of rotatable bonds is 3. The quantitative estimate of drug-likeness (QED) is 0.812. The second-order valence-corrected chi connectivity index (χ2v) is 8.42. The van der Waals surface area contributed by atoms with E-state index >= 15 is 0 Å². The van der Waals surface area contributed by atoms with E-state index in [0.717, 1.165) is 63.7 Å². The molecule has 0 bridgehead atoms. The third kappa shape index (κ3) is 4.20. The van der Waals surface area contributed by atoms with Gasteiger partial charge in [0.1, 0.15) is 0 Å². The molecule has 0 radical (unpaired) electrons. The lowest BCUT2D eigenvalue weighted by atomic mass is 9.77. The normalized spacial score (nSPS) is 27.6. The third-order valence-corrected chi connectivity index (χ3v) is 6.55. The van der Waals surface area contributed by atoms with Crippen LogP contribution in [0.1, 0.15) is 51.0 Å². The van der Waals surface area contributed by atoms with Gasteiger partial charge in [0.2, 0.25) is 11.8 Å². The lowest BCUT2D eigenvalue weighted by molar-refractivity contribution is -0.135. The van der Waals surface area contributed by atoms with Crippen LogP contribution < -0.4 is 15.5 Å². The molecular weight excluding hydrogens is 374 g/mol. The fourth-order valence-corrected chi connectivity index (χ4v) is 5.09. The first-order valence-corrected chi connectivity index (χ1v) is 10.6. The highest BCUT2D eigenvalue weighted by Gasteiger charge is 2.41. The highest BCUT2D eigenvalue weighted by molar-refractivity contribution is 6.00. The molecule has 6 heteroatoms. The monoisotopic (exact) mass is 405 g/mol. The molecule has 1 aliphatic carbocycles. The Bertz CT molecular complexity index is 705. The van der Waals surface area contributed by atoms with E-state index in [0.29, 0.717) is 0 Å². The Hall–Kier alpha value is -1.59. The van der Waals surface area contributed by atoms with E-state index in [-0.39, 0.29) is 48.1 Å². The summed E-state index contributed by atoms with van der Waals surface area (Å²) in [4.78, 5) is 28.5. The van der Waals surface area contributed by atoms with Crippen molar-refractivity contribution in [2.24, 2.45) is 11.8 Å². The number of halogens is 1. The number of hydrogen-bond acceptors (Lipinski definition) is 3. The molecule has 2 amide bonds. The largest absolute Gasteiger partial charge is 0.353 e. The summed E-state index contributed by atoms with van der Waals surface area (Å²) in [6.07, 6.45) is 6.60. The fraction of sp³-hybridized carbons (Fsp3) is 0.636. The molecule has 4 rings (SSSR count). The molecule has 154 valence electrons. The molecule has 5 nitrogen and oxygen atoms in total. The predicted molar refractivity (Wildman–Crippen MR) is 114 cm³/mol. The average Bonchev–Trinajstić information content (AvgIpc) is 3.04. The molecule has 2 N–H and O–H groups in total. The molecule has 2 aliphatic heterocycles. The first-order valence-electron chi connectivity index (χ1n) is 10.6. The van der Waals surface area contributed by atoms with Gasteiger partial charge in [-0.3, -0.25) is 9.59 Å². The molecule has 2 fully saturated rings. The standard InChI is InChI=1S/C22H31N3O2.ClH/c1-15-14-16-6-2-5-9-20(16)25(15)22(27)19-8-4-3-7-18(19)21(26)24-17-10-12-23-13-11-17;/h2,5-6,9,15,17-19,23H,3-4,7-8,10-14H2,1H3,(H,24,26);1H. The number of fused-ring (bicyclic) bond motifs is 1. The number of amides is 2. The Kier molecular flexibility index (Phi) is 7.00. The van der Waals surface area contributed by atoms with Crippen LogP contribution in [-0.4, -0.2) is 37.0 Å². The Morgan fingerprint density at radius 3 is 2.46 bits per heavy atom. The van der Waals surface area contributed by atoms with E-state index in [2.05, 4.69) is 23.6 Å². The number of hydrogen-bond donors (Lipinski definition) is 2. The Labute approximate surface area is 174 Å². The van der Waals surface area contributed by atoms with E-state index in [9.17, 15) is 9.59 Å². The summed E-state index contributed by atoms with van der Waals surface area (Å²) in [5.41, 5.74) is 2.28. The first kappa shape index (κ1) is 21.1. The van der Waals surface area contributed by atoms with Crippen LogP contribution in [0.5, 0.6) is 0 Å². The average molecular weight is 406 g/mol. The van der Waals surface area contributed by atoms with E-state index < -0.39 is 0 Å². The molecule has 28 heavy (non-hydrogen) atoms. The van der Waals surface area contributed by atoms with Crippen molar-refractivity contribution in [2.45, 2.75) is 64.0 Å². The van der Waals surface area contributed by atoms with E-state index in [1.54, 1.807) is 0 Å². The zero-order valence-electron chi connectivity index (χ0n) is 16.7. The predicted octanol–water partition coefficient (Wildman–Crippen LogP) is 3.06. The van der Waals surface area contributed by atoms with Crippen LogP contribution in [0, 0.1) is 11.8 Å². The van der Waals surface area contributed by atoms with Gasteiger partial charge in [-0.15, -0.1) is 12.4 Å². The van der Waals surface area contributed by atoms with Crippen molar-refractivity contribution in [1.82, 2.24) is 10.6 Å². The molecule has 1 aromatic carbocycles. The van der Waals surface area contributed by atoms with Gasteiger partial charge in [-0.05, 0) is 63.7 Å². The lowest BCUT2D eigenvalue weighted by Crippen LogP contribution is -2.50. The van der Waals surface area contributed by atoms with Gasteiger partial charge in [0.05, 0.1) is 5.92 Å². The van der Waals surface area contributed by atoms with Crippen molar-refractivity contribution >= 4 is 29.9 Å². The van der Waals surface area contributed by atoms with Crippen LogP contribution in [0.4, 0.5) is 5.69 Å². The first-order chi connectivity index (χ1) is 13.1. The summed E-state index contributed by atoms with van der Waals surface area (Å²) in [7, 11) is 0. The minimum absolute atomic E-state index is 0. The minimum Gasteiger partial charge on any atom is -0.353 e. The lowest BCUT2D eigenvalue weighted by Gasteiger charge is -2.35. The van der Waals surface area contributed by atoms with Gasteiger partial charge in [-0.25, -0.2) is 0 Å². The smallest absolute Gasteiger partial charge is 0.231 e. The molecular formula is C22H32ClN3O2. The number of nitrogens with zero attached hydrogens (tertiary/aromatic N) is 1. The number of piperidine rings is 1. The summed E-state index contributed by atoms with van der Waals surface area (Å²) < 4.78 is 0. The Morgan fingerprint density at radius 1 is 1.04 bits per heavy atom. The molecule has 3 aliphatic rings. The zero-order valence-corrected chi connectivity index (χ0v) is 17.5. The van der Waals surface area contributed by atoms with E-state index in [4.69, 9.17) is 0 Å². The van der Waals surface area contributed by atoms with E-state index in [1.165, 1.54) is 5.56 Å². The van der Waals surface area contributed by atoms with Crippen LogP contribution in [0.3, 0.4) is 0 Å². The van der Waals surface area contributed by atoms with Gasteiger partial charge in [-0.1, -0.05) is 31.0 Å². The number of para-hydroxylation sites is 1. The van der Waals surface area contributed by atoms with Crippen LogP contribution in [0.15, 0.2) is 24.3 Å². The molecule has 1 aromatic rings. The highest BCUT2D eigenvalue weighted by atomic mass is 35.5. The molecule has 0 spiro atoms. The second kappa shape index (κ2) is 9.27. The molecule has 1 saturated heterocycles. The van der Waals surface area contributed by atoms with Crippen molar-refractivity contribution < 1.29 is 9.59 Å². The maximum absolute atomic E-state index is 13.5. The number of benzene rings is 1. The minimum atomic E-state index is -0.186. The maximum Gasteiger partial charge on any atom is 0.231 e. The van der Waals surface area contributed by atoms with Crippen molar-refractivity contribution in [1.29, 1.82) is 0 Å². The fourth-order valence-electron chi connectivity index (χ4n) is 5.09. The number of carbonyl (C=O) groups is 2. The van der Waals surface area contributed by atoms with Gasteiger partial charge in [0.25, 0.3) is 0 Å². The second-order valence-electron chi connectivity index (χ2n) is 8.42. The van der Waals surface area contributed by atoms with Crippen LogP contribution in [0.2, 0.25) is 0 Å². The summed E-state index contributed by atoms with van der Waals surface area (Å²) in [6, 6.07) is 8.62. The summed E-state index contributed by atoms with van der Waals surface area (Å²) >= 11 is 0. The van der Waals surface area contributed by atoms with Crippen molar-refractivity contribution in [3.8, 4) is 0 Å². The van der Waals surface area contributed by atoms with Crippen LogP contribution >= 0.6 is 12.4 Å². The van der Waals surface area contributed by atoms with Gasteiger partial charge >= 0.3 is 0 Å². The van der Waals surface area contributed by atoms with Gasteiger partial charge < -0.3 is 15.5 Å². The summed E-state index contributed by atoms with van der Waals surface area (Å²) in [5.74, 6) is -0.118. The molecule has 0 aromatic heterocycles. The van der Waals surface area contributed by atoms with Gasteiger partial charge in [0, 0.05) is 23.7 Å². The molecule has 1 saturated carbocycles.